The number of aromatic nitrogens is 1. The fourth-order valence-electron chi connectivity index (χ4n) is 1.91. The van der Waals surface area contributed by atoms with Gasteiger partial charge in [-0.3, -0.25) is 0 Å². The molecule has 3 rings (SSSR count). The maximum atomic E-state index is 9.82. The molecule has 0 saturated carbocycles. The molecule has 0 fully saturated rings. The molecule has 0 amide bonds. The Bertz CT molecular complexity index is 514. The van der Waals surface area contributed by atoms with E-state index in [-0.39, 0.29) is 0 Å². The Balaban J connectivity index is 2.17. The molecule has 1 aromatic heterocycles. The minimum atomic E-state index is -0.534. The van der Waals surface area contributed by atoms with Gasteiger partial charge in [-0.1, -0.05) is 24.3 Å². The molecule has 0 spiro atoms. The lowest BCUT2D eigenvalue weighted by molar-refractivity contribution is 0.232. The van der Waals surface area contributed by atoms with Crippen LogP contribution in [0.25, 0.3) is 5.57 Å². The molecule has 1 unspecified atom stereocenters. The Hall–Kier alpha value is -1.87. The van der Waals surface area contributed by atoms with Gasteiger partial charge >= 0.3 is 0 Å². The van der Waals surface area contributed by atoms with Crippen molar-refractivity contribution in [2.75, 3.05) is 0 Å². The molecule has 0 radical (unpaired) electrons. The van der Waals surface area contributed by atoms with Crippen molar-refractivity contribution in [1.82, 2.24) is 4.98 Å². The van der Waals surface area contributed by atoms with Crippen molar-refractivity contribution < 1.29 is 9.52 Å². The van der Waals surface area contributed by atoms with Gasteiger partial charge in [0.05, 0.1) is 6.10 Å². The van der Waals surface area contributed by atoms with E-state index in [0.29, 0.717) is 0 Å². The molecule has 1 aliphatic carbocycles. The van der Waals surface area contributed by atoms with Gasteiger partial charge in [-0.05, 0) is 17.2 Å². The normalized spacial score (nSPS) is 18.7. The van der Waals surface area contributed by atoms with Crippen LogP contribution in [0.4, 0.5) is 0 Å². The van der Waals surface area contributed by atoms with Gasteiger partial charge in [0.15, 0.2) is 6.39 Å². The Kier molecular flexibility index (Phi) is 1.73. The summed E-state index contributed by atoms with van der Waals surface area (Å²) in [4.78, 5) is 4.09. The topological polar surface area (TPSA) is 46.3 Å². The van der Waals surface area contributed by atoms with Crippen LogP contribution in [0.2, 0.25) is 0 Å². The molecule has 3 heteroatoms. The average molecular weight is 199 g/mol. The highest BCUT2D eigenvalue weighted by molar-refractivity contribution is 5.83. The van der Waals surface area contributed by atoms with Crippen LogP contribution in [0.1, 0.15) is 22.9 Å². The summed E-state index contributed by atoms with van der Waals surface area (Å²) in [7, 11) is 0. The van der Waals surface area contributed by atoms with Crippen molar-refractivity contribution in [3.8, 4) is 0 Å². The molecule has 3 nitrogen and oxygen atoms in total. The minimum absolute atomic E-state index is 0.534. The van der Waals surface area contributed by atoms with Crippen LogP contribution in [0.5, 0.6) is 0 Å². The first-order chi connectivity index (χ1) is 7.36. The first kappa shape index (κ1) is 8.44. The number of nitrogens with zero attached hydrogens (tertiary/aromatic N) is 1. The lowest BCUT2D eigenvalue weighted by Crippen LogP contribution is -1.89. The monoisotopic (exact) mass is 199 g/mol. The van der Waals surface area contributed by atoms with E-state index in [4.69, 9.17) is 4.42 Å². The van der Waals surface area contributed by atoms with E-state index in [1.165, 1.54) is 6.39 Å². The summed E-state index contributed by atoms with van der Waals surface area (Å²) in [5.74, 6) is 0. The van der Waals surface area contributed by atoms with Gasteiger partial charge < -0.3 is 9.52 Å². The molecule has 15 heavy (non-hydrogen) atoms. The van der Waals surface area contributed by atoms with E-state index in [9.17, 15) is 5.11 Å². The summed E-state index contributed by atoms with van der Waals surface area (Å²) in [5.41, 5.74) is 3.65. The summed E-state index contributed by atoms with van der Waals surface area (Å²) in [5, 5.41) is 9.82. The molecule has 1 N–H and O–H groups in total. The molecule has 1 aromatic carbocycles. The van der Waals surface area contributed by atoms with Gasteiger partial charge in [0.2, 0.25) is 0 Å². The molecule has 1 aliphatic rings. The van der Waals surface area contributed by atoms with Crippen molar-refractivity contribution in [3.63, 3.8) is 0 Å². The first-order valence-corrected chi connectivity index (χ1v) is 4.74. The SMILES string of the molecule is OC1C=C(c2cocn2)c2ccccc21. The Morgan fingerprint density at radius 3 is 2.93 bits per heavy atom. The van der Waals surface area contributed by atoms with E-state index < -0.39 is 6.10 Å². The van der Waals surface area contributed by atoms with E-state index in [0.717, 1.165) is 22.4 Å². The number of fused-ring (bicyclic) bond motifs is 1. The number of aliphatic hydroxyl groups is 1. The molecular weight excluding hydrogens is 190 g/mol. The van der Waals surface area contributed by atoms with Crippen LogP contribution in [0.15, 0.2) is 47.4 Å². The molecule has 0 bridgehead atoms. The van der Waals surface area contributed by atoms with Gasteiger partial charge in [-0.2, -0.15) is 0 Å². The maximum Gasteiger partial charge on any atom is 0.181 e. The third-order valence-electron chi connectivity index (χ3n) is 2.60. The molecule has 1 heterocycles. The fourth-order valence-corrected chi connectivity index (χ4v) is 1.91. The third kappa shape index (κ3) is 1.21. The maximum absolute atomic E-state index is 9.82. The highest BCUT2D eigenvalue weighted by Gasteiger charge is 2.22. The molecule has 74 valence electrons. The van der Waals surface area contributed by atoms with Crippen LogP contribution in [-0.4, -0.2) is 10.1 Å². The Morgan fingerprint density at radius 2 is 2.13 bits per heavy atom. The van der Waals surface area contributed by atoms with E-state index in [2.05, 4.69) is 4.98 Å². The fraction of sp³-hybridized carbons (Fsp3) is 0.0833. The zero-order valence-electron chi connectivity index (χ0n) is 7.92. The molecular formula is C12H9NO2. The number of oxazole rings is 1. The number of rotatable bonds is 1. The summed E-state index contributed by atoms with van der Waals surface area (Å²) in [6.07, 6.45) is 4.24. The van der Waals surface area contributed by atoms with Gasteiger partial charge in [0.25, 0.3) is 0 Å². The highest BCUT2D eigenvalue weighted by atomic mass is 16.3. The van der Waals surface area contributed by atoms with Crippen molar-refractivity contribution in [2.45, 2.75) is 6.10 Å². The van der Waals surface area contributed by atoms with Crippen LogP contribution in [-0.2, 0) is 0 Å². The average Bonchev–Trinajstić information content (AvgIpc) is 2.87. The summed E-state index contributed by atoms with van der Waals surface area (Å²) < 4.78 is 4.94. The number of benzene rings is 1. The van der Waals surface area contributed by atoms with E-state index in [1.54, 1.807) is 12.3 Å². The molecule has 0 saturated heterocycles. The largest absolute Gasteiger partial charge is 0.451 e. The van der Waals surface area contributed by atoms with Crippen molar-refractivity contribution in [3.05, 3.63) is 59.8 Å². The second kappa shape index (κ2) is 3.07. The van der Waals surface area contributed by atoms with Crippen molar-refractivity contribution in [1.29, 1.82) is 0 Å². The number of hydrogen-bond donors (Lipinski definition) is 1. The second-order valence-corrected chi connectivity index (χ2v) is 3.49. The lowest BCUT2D eigenvalue weighted by atomic mass is 10.0. The highest BCUT2D eigenvalue weighted by Crippen LogP contribution is 2.37. The molecule has 1 atom stereocenters. The van der Waals surface area contributed by atoms with E-state index >= 15 is 0 Å². The van der Waals surface area contributed by atoms with Crippen LogP contribution >= 0.6 is 0 Å². The predicted octanol–water partition coefficient (Wildman–Crippen LogP) is 2.15. The zero-order chi connectivity index (χ0) is 10.3. The smallest absolute Gasteiger partial charge is 0.181 e. The quantitative estimate of drug-likeness (QED) is 0.765. The summed E-state index contributed by atoms with van der Waals surface area (Å²) in [6, 6.07) is 7.77. The first-order valence-electron chi connectivity index (χ1n) is 4.74. The Morgan fingerprint density at radius 1 is 1.27 bits per heavy atom. The second-order valence-electron chi connectivity index (χ2n) is 3.49. The van der Waals surface area contributed by atoms with Crippen LogP contribution < -0.4 is 0 Å². The van der Waals surface area contributed by atoms with Gasteiger partial charge in [0.1, 0.15) is 12.0 Å². The molecule has 0 aliphatic heterocycles. The van der Waals surface area contributed by atoms with Crippen LogP contribution in [0.3, 0.4) is 0 Å². The standard InChI is InChI=1S/C12H9NO2/c14-12-5-10(11-6-15-7-13-11)8-3-1-2-4-9(8)12/h1-7,12,14H. The lowest BCUT2D eigenvalue weighted by Gasteiger charge is -2.03. The third-order valence-corrected chi connectivity index (χ3v) is 2.60. The minimum Gasteiger partial charge on any atom is -0.451 e. The summed E-state index contributed by atoms with van der Waals surface area (Å²) in [6.45, 7) is 0. The zero-order valence-corrected chi connectivity index (χ0v) is 7.92. The number of aliphatic hydroxyl groups excluding tert-OH is 1. The van der Waals surface area contributed by atoms with Gasteiger partial charge in [-0.15, -0.1) is 0 Å². The van der Waals surface area contributed by atoms with Gasteiger partial charge in [0, 0.05) is 5.57 Å². The Labute approximate surface area is 86.7 Å². The van der Waals surface area contributed by atoms with Crippen molar-refractivity contribution in [2.24, 2.45) is 0 Å². The van der Waals surface area contributed by atoms with Gasteiger partial charge in [-0.25, -0.2) is 4.98 Å². The van der Waals surface area contributed by atoms with Crippen LogP contribution in [0, 0.1) is 0 Å². The van der Waals surface area contributed by atoms with E-state index in [1.807, 2.05) is 24.3 Å². The predicted molar refractivity (Wildman–Crippen MR) is 55.0 cm³/mol. The number of hydrogen-bond acceptors (Lipinski definition) is 3. The summed E-state index contributed by atoms with van der Waals surface area (Å²) >= 11 is 0. The molecule has 2 aromatic rings. The van der Waals surface area contributed by atoms with Crippen molar-refractivity contribution >= 4 is 5.57 Å².